The molecule has 0 unspecified atom stereocenters. The third-order valence-electron chi connectivity index (χ3n) is 5.54. The Morgan fingerprint density at radius 2 is 1.59 bits per heavy atom. The number of benzene rings is 4. The summed E-state index contributed by atoms with van der Waals surface area (Å²) >= 11 is 0. The Morgan fingerprint density at radius 3 is 2.50 bits per heavy atom. The molecule has 0 aliphatic rings. The van der Waals surface area contributed by atoms with Crippen molar-refractivity contribution in [3.8, 4) is 11.5 Å². The van der Waals surface area contributed by atoms with Gasteiger partial charge in [-0.25, -0.2) is 4.98 Å². The zero-order valence-corrected chi connectivity index (χ0v) is 17.9. The number of hydrogen-bond acceptors (Lipinski definition) is 3. The second-order valence-electron chi connectivity index (χ2n) is 7.54. The normalized spacial score (nSPS) is 11.4. The van der Waals surface area contributed by atoms with E-state index < -0.39 is 0 Å². The number of ether oxygens (including phenoxy) is 2. The summed E-state index contributed by atoms with van der Waals surface area (Å²) in [4.78, 5) is 4.83. The van der Waals surface area contributed by atoms with Crippen LogP contribution < -0.4 is 9.47 Å². The maximum Gasteiger partial charge on any atom is 0.133 e. The smallest absolute Gasteiger partial charge is 0.133 e. The topological polar surface area (TPSA) is 36.3 Å². The van der Waals surface area contributed by atoms with Crippen LogP contribution in [0, 0.1) is 0 Å². The number of para-hydroxylation sites is 3. The molecule has 0 saturated carbocycles. The number of imidazole rings is 1. The second-order valence-corrected chi connectivity index (χ2v) is 7.54. The number of fused-ring (bicyclic) bond motifs is 2. The quantitative estimate of drug-likeness (QED) is 0.304. The molecule has 0 radical (unpaired) electrons. The number of hydrogen-bond donors (Lipinski definition) is 0. The molecule has 158 valence electrons. The monoisotopic (exact) mass is 420 g/mol. The molecule has 0 atom stereocenters. The summed E-state index contributed by atoms with van der Waals surface area (Å²) in [6.45, 7) is 1.24. The highest BCUT2D eigenvalue weighted by Crippen LogP contribution is 2.23. The van der Waals surface area contributed by atoms with Crippen LogP contribution in [0.1, 0.15) is 11.4 Å². The third kappa shape index (κ3) is 4.08. The minimum absolute atomic E-state index is 0.550. The highest BCUT2D eigenvalue weighted by atomic mass is 16.5. The Labute approximate surface area is 187 Å². The van der Waals surface area contributed by atoms with Gasteiger partial charge in [0.2, 0.25) is 0 Å². The van der Waals surface area contributed by atoms with Gasteiger partial charge in [-0.05, 0) is 53.3 Å². The van der Waals surface area contributed by atoms with E-state index >= 15 is 0 Å². The number of rotatable bonds is 7. The molecule has 0 fully saturated rings. The molecule has 0 amide bonds. The molecule has 4 heteroatoms. The van der Waals surface area contributed by atoms with Crippen LogP contribution in [-0.2, 0) is 6.54 Å². The molecule has 0 bridgehead atoms. The Kier molecular flexibility index (Phi) is 5.58. The largest absolute Gasteiger partial charge is 0.496 e. The summed E-state index contributed by atoms with van der Waals surface area (Å²) in [5, 5.41) is 2.39. The van der Waals surface area contributed by atoms with Gasteiger partial charge in [-0.15, -0.1) is 0 Å². The van der Waals surface area contributed by atoms with E-state index in [1.165, 1.54) is 10.8 Å². The lowest BCUT2D eigenvalue weighted by Gasteiger charge is -2.10. The van der Waals surface area contributed by atoms with Crippen molar-refractivity contribution in [2.24, 2.45) is 0 Å². The third-order valence-corrected chi connectivity index (χ3v) is 5.54. The fourth-order valence-corrected chi connectivity index (χ4v) is 3.94. The standard InChI is InChI=1S/C28H24N2O2/c1-31-27-13-7-4-9-22(27)15-17-28-29-25-11-5-6-12-26(25)30(28)18-19-32-24-16-14-21-8-2-3-10-23(21)20-24/h2-17,20H,18-19H2,1H3/b17-15+. The Bertz CT molecular complexity index is 1400. The molecule has 5 aromatic rings. The molecule has 1 aromatic heterocycles. The van der Waals surface area contributed by atoms with Crippen molar-refractivity contribution in [1.29, 1.82) is 0 Å². The number of nitrogens with zero attached hydrogens (tertiary/aromatic N) is 2. The average Bonchev–Trinajstić information content (AvgIpc) is 3.20. The van der Waals surface area contributed by atoms with Gasteiger partial charge in [0.25, 0.3) is 0 Å². The minimum Gasteiger partial charge on any atom is -0.496 e. The lowest BCUT2D eigenvalue weighted by molar-refractivity contribution is 0.300. The molecular weight excluding hydrogens is 396 g/mol. The fourth-order valence-electron chi connectivity index (χ4n) is 3.94. The van der Waals surface area contributed by atoms with E-state index in [-0.39, 0.29) is 0 Å². The van der Waals surface area contributed by atoms with E-state index in [0.29, 0.717) is 13.2 Å². The van der Waals surface area contributed by atoms with Gasteiger partial charge in [-0.1, -0.05) is 60.7 Å². The zero-order valence-electron chi connectivity index (χ0n) is 17.9. The van der Waals surface area contributed by atoms with Crippen LogP contribution in [-0.4, -0.2) is 23.3 Å². The van der Waals surface area contributed by atoms with Crippen molar-refractivity contribution in [2.45, 2.75) is 6.54 Å². The molecule has 4 aromatic carbocycles. The van der Waals surface area contributed by atoms with Crippen molar-refractivity contribution in [2.75, 3.05) is 13.7 Å². The maximum absolute atomic E-state index is 6.10. The van der Waals surface area contributed by atoms with Gasteiger partial charge in [0.05, 0.1) is 24.7 Å². The van der Waals surface area contributed by atoms with E-state index in [9.17, 15) is 0 Å². The fraction of sp³-hybridized carbons (Fsp3) is 0.107. The van der Waals surface area contributed by atoms with Gasteiger partial charge in [0.1, 0.15) is 23.9 Å². The summed E-state index contributed by atoms with van der Waals surface area (Å²) < 4.78 is 13.8. The zero-order chi connectivity index (χ0) is 21.8. The first kappa shape index (κ1) is 19.9. The van der Waals surface area contributed by atoms with Gasteiger partial charge in [0, 0.05) is 5.56 Å². The number of methoxy groups -OCH3 is 1. The summed E-state index contributed by atoms with van der Waals surface area (Å²) in [6, 6.07) is 30.7. The van der Waals surface area contributed by atoms with Crippen molar-refractivity contribution in [1.82, 2.24) is 9.55 Å². The second kappa shape index (κ2) is 8.98. The molecule has 32 heavy (non-hydrogen) atoms. The molecule has 0 N–H and O–H groups in total. The first-order valence-corrected chi connectivity index (χ1v) is 10.7. The molecule has 1 heterocycles. The molecule has 0 aliphatic heterocycles. The SMILES string of the molecule is COc1ccccc1/C=C/c1nc2ccccc2n1CCOc1ccc2ccccc2c1. The predicted octanol–water partition coefficient (Wildman–Crippen LogP) is 6.45. The van der Waals surface area contributed by atoms with Gasteiger partial charge in [-0.2, -0.15) is 0 Å². The van der Waals surface area contributed by atoms with Gasteiger partial charge < -0.3 is 14.0 Å². The molecular formula is C28H24N2O2. The van der Waals surface area contributed by atoms with Crippen LogP contribution in [0.25, 0.3) is 34.0 Å². The van der Waals surface area contributed by atoms with Crippen LogP contribution in [0.4, 0.5) is 0 Å². The first-order chi connectivity index (χ1) is 15.8. The minimum atomic E-state index is 0.550. The van der Waals surface area contributed by atoms with Crippen molar-refractivity contribution in [3.05, 3.63) is 102 Å². The summed E-state index contributed by atoms with van der Waals surface area (Å²) in [5.41, 5.74) is 3.08. The van der Waals surface area contributed by atoms with Crippen LogP contribution in [0.15, 0.2) is 91.0 Å². The predicted molar refractivity (Wildman–Crippen MR) is 131 cm³/mol. The summed E-state index contributed by atoms with van der Waals surface area (Å²) in [7, 11) is 1.69. The highest BCUT2D eigenvalue weighted by Gasteiger charge is 2.09. The van der Waals surface area contributed by atoms with Crippen molar-refractivity contribution in [3.63, 3.8) is 0 Å². The summed E-state index contributed by atoms with van der Waals surface area (Å²) in [6.07, 6.45) is 4.08. The Hall–Kier alpha value is -4.05. The van der Waals surface area contributed by atoms with E-state index in [4.69, 9.17) is 14.5 Å². The lowest BCUT2D eigenvalue weighted by Crippen LogP contribution is -2.09. The molecule has 4 nitrogen and oxygen atoms in total. The molecule has 0 spiro atoms. The van der Waals surface area contributed by atoms with Crippen LogP contribution in [0.2, 0.25) is 0 Å². The van der Waals surface area contributed by atoms with Crippen molar-refractivity contribution >= 4 is 34.0 Å². The van der Waals surface area contributed by atoms with Crippen LogP contribution in [0.3, 0.4) is 0 Å². The first-order valence-electron chi connectivity index (χ1n) is 10.7. The van der Waals surface area contributed by atoms with E-state index in [0.717, 1.165) is 33.9 Å². The maximum atomic E-state index is 6.10. The summed E-state index contributed by atoms with van der Waals surface area (Å²) in [5.74, 6) is 2.60. The average molecular weight is 421 g/mol. The van der Waals surface area contributed by atoms with Crippen LogP contribution >= 0.6 is 0 Å². The molecule has 5 rings (SSSR count). The molecule has 0 saturated heterocycles. The lowest BCUT2D eigenvalue weighted by atomic mass is 10.1. The van der Waals surface area contributed by atoms with Gasteiger partial charge in [-0.3, -0.25) is 0 Å². The Morgan fingerprint density at radius 1 is 0.812 bits per heavy atom. The van der Waals surface area contributed by atoms with Crippen molar-refractivity contribution < 1.29 is 9.47 Å². The van der Waals surface area contributed by atoms with E-state index in [1.54, 1.807) is 7.11 Å². The number of aromatic nitrogens is 2. The van der Waals surface area contributed by atoms with Gasteiger partial charge >= 0.3 is 0 Å². The Balaban J connectivity index is 1.39. The van der Waals surface area contributed by atoms with E-state index in [1.807, 2.05) is 72.8 Å². The highest BCUT2D eigenvalue weighted by molar-refractivity contribution is 5.83. The van der Waals surface area contributed by atoms with E-state index in [2.05, 4.69) is 34.9 Å². The van der Waals surface area contributed by atoms with Crippen LogP contribution in [0.5, 0.6) is 11.5 Å². The molecule has 0 aliphatic carbocycles. The van der Waals surface area contributed by atoms with Gasteiger partial charge in [0.15, 0.2) is 0 Å².